The summed E-state index contributed by atoms with van der Waals surface area (Å²) in [7, 11) is 1.59. The molecule has 0 bridgehead atoms. The van der Waals surface area contributed by atoms with Crippen LogP contribution in [0.25, 0.3) is 16.8 Å². The SMILES string of the molecule is COCc1nn2c(C)c(C(=O)N3CCN(Cc4ccccc4)CC3)nnc2c1-c1ccc(F)cc1. The van der Waals surface area contributed by atoms with Crippen LogP contribution in [0.15, 0.2) is 54.6 Å². The molecular weight excluding hydrogens is 447 g/mol. The van der Waals surface area contributed by atoms with Crippen LogP contribution < -0.4 is 0 Å². The van der Waals surface area contributed by atoms with Crippen LogP contribution in [-0.4, -0.2) is 68.8 Å². The molecule has 1 aliphatic heterocycles. The molecule has 0 saturated carbocycles. The van der Waals surface area contributed by atoms with Crippen LogP contribution in [0.1, 0.15) is 27.4 Å². The van der Waals surface area contributed by atoms with E-state index in [-0.39, 0.29) is 24.0 Å². The van der Waals surface area contributed by atoms with Crippen LogP contribution in [0.2, 0.25) is 0 Å². The fourth-order valence-electron chi connectivity index (χ4n) is 4.50. The molecule has 180 valence electrons. The molecule has 5 rings (SSSR count). The van der Waals surface area contributed by atoms with Crippen molar-refractivity contribution in [3.63, 3.8) is 0 Å². The van der Waals surface area contributed by atoms with Gasteiger partial charge in [0.1, 0.15) is 5.82 Å². The Balaban J connectivity index is 1.38. The number of amides is 1. The first-order valence-electron chi connectivity index (χ1n) is 11.6. The van der Waals surface area contributed by atoms with Crippen molar-refractivity contribution in [3.05, 3.63) is 83.1 Å². The molecule has 0 unspecified atom stereocenters. The van der Waals surface area contributed by atoms with E-state index in [1.54, 1.807) is 23.8 Å². The minimum atomic E-state index is -0.322. The number of aromatic nitrogens is 4. The lowest BCUT2D eigenvalue weighted by atomic mass is 10.1. The van der Waals surface area contributed by atoms with Gasteiger partial charge < -0.3 is 9.64 Å². The Labute approximate surface area is 202 Å². The third-order valence-corrected chi connectivity index (χ3v) is 6.36. The van der Waals surface area contributed by atoms with E-state index in [0.29, 0.717) is 30.1 Å². The van der Waals surface area contributed by atoms with Crippen LogP contribution in [0.4, 0.5) is 4.39 Å². The summed E-state index contributed by atoms with van der Waals surface area (Å²) in [5.41, 5.74) is 4.79. The van der Waals surface area contributed by atoms with Crippen molar-refractivity contribution in [1.29, 1.82) is 0 Å². The summed E-state index contributed by atoms with van der Waals surface area (Å²) in [5.74, 6) is -0.471. The Morgan fingerprint density at radius 3 is 2.40 bits per heavy atom. The maximum absolute atomic E-state index is 13.5. The molecule has 3 heterocycles. The first-order chi connectivity index (χ1) is 17.0. The number of ether oxygens (including phenoxy) is 1. The lowest BCUT2D eigenvalue weighted by Gasteiger charge is -2.34. The summed E-state index contributed by atoms with van der Waals surface area (Å²) in [6, 6.07) is 16.5. The third-order valence-electron chi connectivity index (χ3n) is 6.36. The van der Waals surface area contributed by atoms with Crippen LogP contribution in [0.3, 0.4) is 0 Å². The molecule has 2 aromatic carbocycles. The number of aryl methyl sites for hydroxylation is 1. The number of halogens is 1. The van der Waals surface area contributed by atoms with E-state index in [1.807, 2.05) is 30.0 Å². The predicted molar refractivity (Wildman–Crippen MR) is 129 cm³/mol. The number of hydrogen-bond acceptors (Lipinski definition) is 6. The summed E-state index contributed by atoms with van der Waals surface area (Å²) >= 11 is 0. The molecule has 2 aromatic heterocycles. The van der Waals surface area contributed by atoms with Gasteiger partial charge in [0.05, 0.1) is 23.6 Å². The maximum atomic E-state index is 13.5. The molecule has 1 aliphatic rings. The minimum Gasteiger partial charge on any atom is -0.378 e. The summed E-state index contributed by atoms with van der Waals surface area (Å²) in [4.78, 5) is 17.5. The van der Waals surface area contributed by atoms with Crippen LogP contribution in [0, 0.1) is 12.7 Å². The average molecular weight is 475 g/mol. The topological polar surface area (TPSA) is 75.9 Å². The molecular formula is C26H27FN6O2. The number of rotatable bonds is 6. The first-order valence-corrected chi connectivity index (χ1v) is 11.6. The molecule has 1 saturated heterocycles. The number of hydrogen-bond donors (Lipinski definition) is 0. The number of piperazine rings is 1. The molecule has 0 atom stereocenters. The van der Waals surface area contributed by atoms with Crippen LogP contribution in [0.5, 0.6) is 0 Å². The predicted octanol–water partition coefficient (Wildman–Crippen LogP) is 3.34. The van der Waals surface area contributed by atoms with Gasteiger partial charge in [-0.3, -0.25) is 9.69 Å². The zero-order valence-electron chi connectivity index (χ0n) is 19.8. The quantitative estimate of drug-likeness (QED) is 0.427. The largest absolute Gasteiger partial charge is 0.378 e. The molecule has 0 aliphatic carbocycles. The highest BCUT2D eigenvalue weighted by Crippen LogP contribution is 2.29. The van der Waals surface area contributed by atoms with Gasteiger partial charge in [-0.1, -0.05) is 42.5 Å². The van der Waals surface area contributed by atoms with Crippen molar-refractivity contribution in [2.45, 2.75) is 20.1 Å². The molecule has 0 N–H and O–H groups in total. The molecule has 35 heavy (non-hydrogen) atoms. The van der Waals surface area contributed by atoms with Crippen molar-refractivity contribution < 1.29 is 13.9 Å². The molecule has 1 fully saturated rings. The second kappa shape index (κ2) is 9.89. The molecule has 0 radical (unpaired) electrons. The molecule has 4 aromatic rings. The number of carbonyl (C=O) groups excluding carboxylic acids is 1. The van der Waals surface area contributed by atoms with Gasteiger partial charge in [0, 0.05) is 39.8 Å². The zero-order valence-corrected chi connectivity index (χ0v) is 19.8. The number of nitrogens with zero attached hydrogens (tertiary/aromatic N) is 6. The number of methoxy groups -OCH3 is 1. The van der Waals surface area contributed by atoms with Crippen molar-refractivity contribution in [3.8, 4) is 11.1 Å². The minimum absolute atomic E-state index is 0.150. The highest BCUT2D eigenvalue weighted by molar-refractivity contribution is 5.93. The molecule has 9 heteroatoms. The summed E-state index contributed by atoms with van der Waals surface area (Å²) < 4.78 is 20.5. The molecule has 0 spiro atoms. The number of fused-ring (bicyclic) bond motifs is 1. The van der Waals surface area contributed by atoms with Gasteiger partial charge in [-0.2, -0.15) is 5.10 Å². The lowest BCUT2D eigenvalue weighted by Crippen LogP contribution is -2.48. The Morgan fingerprint density at radius 2 is 1.71 bits per heavy atom. The van der Waals surface area contributed by atoms with Gasteiger partial charge in [0.25, 0.3) is 5.91 Å². The van der Waals surface area contributed by atoms with Crippen molar-refractivity contribution in [2.75, 3.05) is 33.3 Å². The third kappa shape index (κ3) is 4.65. The lowest BCUT2D eigenvalue weighted by molar-refractivity contribution is 0.0620. The van der Waals surface area contributed by atoms with Crippen molar-refractivity contribution in [1.82, 2.24) is 29.6 Å². The summed E-state index contributed by atoms with van der Waals surface area (Å²) in [5, 5.41) is 13.4. The Kier molecular flexibility index (Phi) is 6.52. The Hall–Kier alpha value is -3.69. The zero-order chi connectivity index (χ0) is 24.4. The normalized spacial score (nSPS) is 14.5. The van der Waals surface area contributed by atoms with E-state index in [1.165, 1.54) is 17.7 Å². The Morgan fingerprint density at radius 1 is 1.00 bits per heavy atom. The van der Waals surface area contributed by atoms with E-state index in [2.05, 4.69) is 32.3 Å². The van der Waals surface area contributed by atoms with Crippen LogP contribution >= 0.6 is 0 Å². The van der Waals surface area contributed by atoms with E-state index < -0.39 is 0 Å². The van der Waals surface area contributed by atoms with E-state index >= 15 is 0 Å². The summed E-state index contributed by atoms with van der Waals surface area (Å²) in [6.07, 6.45) is 0. The van der Waals surface area contributed by atoms with Gasteiger partial charge in [-0.05, 0) is 30.2 Å². The maximum Gasteiger partial charge on any atom is 0.276 e. The highest BCUT2D eigenvalue weighted by atomic mass is 19.1. The number of carbonyl (C=O) groups is 1. The molecule has 1 amide bonds. The van der Waals surface area contributed by atoms with Gasteiger partial charge >= 0.3 is 0 Å². The summed E-state index contributed by atoms with van der Waals surface area (Å²) in [6.45, 7) is 5.78. The van der Waals surface area contributed by atoms with E-state index in [9.17, 15) is 9.18 Å². The van der Waals surface area contributed by atoms with Crippen LogP contribution in [-0.2, 0) is 17.9 Å². The van der Waals surface area contributed by atoms with E-state index in [4.69, 9.17) is 4.74 Å². The van der Waals surface area contributed by atoms with Crippen molar-refractivity contribution >= 4 is 11.6 Å². The number of benzene rings is 2. The second-order valence-electron chi connectivity index (χ2n) is 8.68. The molecule has 8 nitrogen and oxygen atoms in total. The second-order valence-corrected chi connectivity index (χ2v) is 8.68. The average Bonchev–Trinajstić information content (AvgIpc) is 3.25. The first kappa shape index (κ1) is 23.1. The fraction of sp³-hybridized carbons (Fsp3) is 0.308. The van der Waals surface area contributed by atoms with Crippen molar-refractivity contribution in [2.24, 2.45) is 0 Å². The Bertz CT molecular complexity index is 1330. The van der Waals surface area contributed by atoms with Gasteiger partial charge in [-0.15, -0.1) is 10.2 Å². The van der Waals surface area contributed by atoms with Gasteiger partial charge in [-0.25, -0.2) is 8.91 Å². The van der Waals surface area contributed by atoms with Gasteiger partial charge in [0.2, 0.25) is 0 Å². The smallest absolute Gasteiger partial charge is 0.276 e. The van der Waals surface area contributed by atoms with Gasteiger partial charge in [0.15, 0.2) is 11.3 Å². The highest BCUT2D eigenvalue weighted by Gasteiger charge is 2.27. The van der Waals surface area contributed by atoms with E-state index in [0.717, 1.165) is 30.8 Å². The standard InChI is InChI=1S/C26H27FN6O2/c1-18-24(26(34)32-14-12-31(13-15-32)16-19-6-4-3-5-7-19)28-29-25-23(20-8-10-21(27)11-9-20)22(17-35-2)30-33(18)25/h3-11H,12-17H2,1-2H3. The fourth-order valence-corrected chi connectivity index (χ4v) is 4.50. The monoisotopic (exact) mass is 474 g/mol.